The van der Waals surface area contributed by atoms with Crippen LogP contribution in [-0.4, -0.2) is 13.9 Å². The standard InChI is InChI=1S/C18H14Se/c1-2-8-14(9-3-1)19-17-12-6-4-10-15(17)16-11-5-7-13-18(16)19/h1-13,19H. The van der Waals surface area contributed by atoms with Crippen LogP contribution in [0.2, 0.25) is 0 Å². The fraction of sp³-hybridized carbons (Fsp3) is 0. The molecule has 0 aromatic heterocycles. The van der Waals surface area contributed by atoms with Gasteiger partial charge in [0.25, 0.3) is 0 Å². The molecular weight excluding hydrogens is 295 g/mol. The van der Waals surface area contributed by atoms with E-state index in [1.54, 1.807) is 8.92 Å². The van der Waals surface area contributed by atoms with Gasteiger partial charge >= 0.3 is 117 Å². The van der Waals surface area contributed by atoms with E-state index < -0.39 is 13.9 Å². The van der Waals surface area contributed by atoms with Gasteiger partial charge in [0.05, 0.1) is 0 Å². The van der Waals surface area contributed by atoms with Crippen LogP contribution in [0, 0.1) is 0 Å². The van der Waals surface area contributed by atoms with Crippen molar-refractivity contribution < 1.29 is 0 Å². The van der Waals surface area contributed by atoms with Gasteiger partial charge in [0, 0.05) is 0 Å². The maximum absolute atomic E-state index is 2.32. The third kappa shape index (κ3) is 1.67. The summed E-state index contributed by atoms with van der Waals surface area (Å²) < 4.78 is 4.66. The van der Waals surface area contributed by atoms with Crippen molar-refractivity contribution >= 4 is 27.3 Å². The Morgan fingerprint density at radius 2 is 0.947 bits per heavy atom. The van der Waals surface area contributed by atoms with Crippen molar-refractivity contribution in [2.75, 3.05) is 0 Å². The van der Waals surface area contributed by atoms with E-state index in [9.17, 15) is 0 Å². The van der Waals surface area contributed by atoms with E-state index in [1.807, 2.05) is 0 Å². The van der Waals surface area contributed by atoms with Crippen LogP contribution < -0.4 is 13.4 Å². The number of benzene rings is 3. The first kappa shape index (κ1) is 11.0. The van der Waals surface area contributed by atoms with Gasteiger partial charge in [-0.3, -0.25) is 0 Å². The van der Waals surface area contributed by atoms with Gasteiger partial charge < -0.3 is 0 Å². The first-order valence-corrected chi connectivity index (χ1v) is 9.30. The second-order valence-electron chi connectivity index (χ2n) is 4.71. The van der Waals surface area contributed by atoms with Crippen LogP contribution in [0.4, 0.5) is 0 Å². The summed E-state index contributed by atoms with van der Waals surface area (Å²) >= 11 is -1.32. The average Bonchev–Trinajstić information content (AvgIpc) is 2.83. The van der Waals surface area contributed by atoms with Gasteiger partial charge in [-0.15, -0.1) is 0 Å². The van der Waals surface area contributed by atoms with E-state index in [-0.39, 0.29) is 0 Å². The molecule has 1 heterocycles. The Kier molecular flexibility index (Phi) is 2.55. The van der Waals surface area contributed by atoms with E-state index in [1.165, 1.54) is 15.6 Å². The summed E-state index contributed by atoms with van der Waals surface area (Å²) in [6, 6.07) is 28.8. The van der Waals surface area contributed by atoms with E-state index >= 15 is 0 Å². The molecule has 0 bridgehead atoms. The summed E-state index contributed by atoms with van der Waals surface area (Å²) in [5.41, 5.74) is 2.89. The molecule has 0 atom stereocenters. The molecule has 0 aliphatic carbocycles. The van der Waals surface area contributed by atoms with Crippen LogP contribution in [0.5, 0.6) is 0 Å². The zero-order chi connectivity index (χ0) is 12.7. The number of hydrogen-bond donors (Lipinski definition) is 0. The Morgan fingerprint density at radius 3 is 1.53 bits per heavy atom. The van der Waals surface area contributed by atoms with Gasteiger partial charge in [-0.1, -0.05) is 0 Å². The fourth-order valence-electron chi connectivity index (χ4n) is 2.78. The molecule has 0 N–H and O–H groups in total. The summed E-state index contributed by atoms with van der Waals surface area (Å²) in [5, 5.41) is 0. The number of fused-ring (bicyclic) bond motifs is 3. The van der Waals surface area contributed by atoms with E-state index in [4.69, 9.17) is 0 Å². The second-order valence-corrected chi connectivity index (χ2v) is 9.22. The van der Waals surface area contributed by atoms with Crippen molar-refractivity contribution in [3.8, 4) is 11.1 Å². The zero-order valence-electron chi connectivity index (χ0n) is 10.5. The first-order valence-electron chi connectivity index (χ1n) is 6.49. The molecule has 0 saturated heterocycles. The van der Waals surface area contributed by atoms with E-state index in [0.717, 1.165) is 0 Å². The molecule has 0 spiro atoms. The monoisotopic (exact) mass is 310 g/mol. The molecule has 1 aliphatic rings. The molecular formula is C18H14Se. The van der Waals surface area contributed by atoms with Crippen molar-refractivity contribution in [2.45, 2.75) is 0 Å². The van der Waals surface area contributed by atoms with Gasteiger partial charge in [-0.2, -0.15) is 0 Å². The summed E-state index contributed by atoms with van der Waals surface area (Å²) in [5.74, 6) is 0. The van der Waals surface area contributed by atoms with Crippen LogP contribution in [0.3, 0.4) is 0 Å². The summed E-state index contributed by atoms with van der Waals surface area (Å²) in [6.45, 7) is 0. The van der Waals surface area contributed by atoms with Gasteiger partial charge in [0.15, 0.2) is 0 Å². The van der Waals surface area contributed by atoms with Gasteiger partial charge in [0.1, 0.15) is 0 Å². The zero-order valence-corrected chi connectivity index (χ0v) is 12.3. The molecule has 4 rings (SSSR count). The molecule has 1 heteroatoms. The topological polar surface area (TPSA) is 0 Å². The van der Waals surface area contributed by atoms with Crippen LogP contribution in [0.1, 0.15) is 0 Å². The Hall–Kier alpha value is -1.82. The van der Waals surface area contributed by atoms with E-state index in [0.29, 0.717) is 0 Å². The molecule has 0 unspecified atom stereocenters. The molecule has 0 saturated carbocycles. The molecule has 3 aromatic rings. The SMILES string of the molecule is c1ccc([SeH]2c3ccccc3-c3ccccc32)cc1. The number of rotatable bonds is 1. The Bertz CT molecular complexity index is 686. The predicted octanol–water partition coefficient (Wildman–Crippen LogP) is 1.92. The first-order chi connectivity index (χ1) is 9.45. The third-order valence-corrected chi connectivity index (χ3v) is 8.96. The normalized spacial score (nSPS) is 14.0. The molecule has 0 nitrogen and oxygen atoms in total. The number of hydrogen-bond acceptors (Lipinski definition) is 0. The molecule has 0 fully saturated rings. The second kappa shape index (κ2) is 4.38. The van der Waals surface area contributed by atoms with Crippen LogP contribution >= 0.6 is 0 Å². The van der Waals surface area contributed by atoms with Crippen molar-refractivity contribution in [1.29, 1.82) is 0 Å². The fourth-order valence-corrected chi connectivity index (χ4v) is 8.29. The van der Waals surface area contributed by atoms with Crippen LogP contribution in [-0.2, 0) is 0 Å². The molecule has 0 amide bonds. The minimum atomic E-state index is -1.32. The Balaban J connectivity index is 2.02. The Morgan fingerprint density at radius 1 is 0.474 bits per heavy atom. The van der Waals surface area contributed by atoms with Crippen LogP contribution in [0.25, 0.3) is 11.1 Å². The third-order valence-electron chi connectivity index (χ3n) is 3.59. The molecule has 92 valence electrons. The Labute approximate surface area is 117 Å². The molecule has 0 radical (unpaired) electrons. The van der Waals surface area contributed by atoms with E-state index in [2.05, 4.69) is 78.9 Å². The molecule has 19 heavy (non-hydrogen) atoms. The molecule has 3 aromatic carbocycles. The van der Waals surface area contributed by atoms with Crippen molar-refractivity contribution in [1.82, 2.24) is 0 Å². The quantitative estimate of drug-likeness (QED) is 0.471. The van der Waals surface area contributed by atoms with Gasteiger partial charge in [-0.05, 0) is 0 Å². The van der Waals surface area contributed by atoms with Crippen molar-refractivity contribution in [3.63, 3.8) is 0 Å². The predicted molar refractivity (Wildman–Crippen MR) is 84.4 cm³/mol. The van der Waals surface area contributed by atoms with Crippen molar-refractivity contribution in [3.05, 3.63) is 78.9 Å². The van der Waals surface area contributed by atoms with Gasteiger partial charge in [-0.25, -0.2) is 0 Å². The van der Waals surface area contributed by atoms with Crippen molar-refractivity contribution in [2.24, 2.45) is 0 Å². The average molecular weight is 309 g/mol. The van der Waals surface area contributed by atoms with Crippen LogP contribution in [0.15, 0.2) is 78.9 Å². The minimum absolute atomic E-state index is 1.32. The summed E-state index contributed by atoms with van der Waals surface area (Å²) in [7, 11) is 0. The maximum atomic E-state index is 2.32. The summed E-state index contributed by atoms with van der Waals surface area (Å²) in [4.78, 5) is 0. The summed E-state index contributed by atoms with van der Waals surface area (Å²) in [6.07, 6.45) is 0. The van der Waals surface area contributed by atoms with Gasteiger partial charge in [0.2, 0.25) is 0 Å². The molecule has 1 aliphatic heterocycles.